The van der Waals surface area contributed by atoms with Crippen LogP contribution in [0.15, 0.2) is 12.2 Å². The number of hydrogen-bond acceptors (Lipinski definition) is 2. The van der Waals surface area contributed by atoms with Crippen LogP contribution in [-0.2, 0) is 4.79 Å². The van der Waals surface area contributed by atoms with Gasteiger partial charge in [-0.1, -0.05) is 12.2 Å². The Balaban J connectivity index is 1.88. The summed E-state index contributed by atoms with van der Waals surface area (Å²) in [4.78, 5) is 11.9. The lowest BCUT2D eigenvalue weighted by Gasteiger charge is -2.21. The van der Waals surface area contributed by atoms with Crippen LogP contribution in [0.3, 0.4) is 0 Å². The molecule has 0 bridgehead atoms. The predicted octanol–water partition coefficient (Wildman–Crippen LogP) is 0.244. The maximum atomic E-state index is 11.9. The molecular formula is C12H20N3O+. The van der Waals surface area contributed by atoms with Crippen LogP contribution in [0.4, 0.5) is 0 Å². The molecule has 4 heteroatoms. The molecule has 4 nitrogen and oxygen atoms in total. The summed E-state index contributed by atoms with van der Waals surface area (Å²) >= 11 is 0. The number of piperidine rings is 1. The van der Waals surface area contributed by atoms with Crippen LogP contribution < -0.4 is 10.6 Å². The van der Waals surface area contributed by atoms with Crippen molar-refractivity contribution in [1.29, 1.82) is 0 Å². The van der Waals surface area contributed by atoms with Crippen LogP contribution in [0.2, 0.25) is 0 Å². The average Bonchev–Trinajstić information content (AvgIpc) is 2.73. The predicted molar refractivity (Wildman–Crippen MR) is 63.6 cm³/mol. The molecule has 88 valence electrons. The molecule has 0 aliphatic carbocycles. The lowest BCUT2D eigenvalue weighted by atomic mass is 9.98. The van der Waals surface area contributed by atoms with E-state index in [1.54, 1.807) is 0 Å². The second-order valence-electron chi connectivity index (χ2n) is 4.39. The highest BCUT2D eigenvalue weighted by Crippen LogP contribution is 2.18. The summed E-state index contributed by atoms with van der Waals surface area (Å²) in [5.74, 6) is 0.115. The number of nitrogens with zero attached hydrogens (tertiary/aromatic N) is 1. The minimum absolute atomic E-state index is 0.0643. The van der Waals surface area contributed by atoms with Gasteiger partial charge >= 0.3 is 0 Å². The first-order chi connectivity index (χ1) is 7.83. The summed E-state index contributed by atoms with van der Waals surface area (Å²) in [6.45, 7) is 3.66. The van der Waals surface area contributed by atoms with Crippen molar-refractivity contribution in [2.24, 2.45) is 0 Å². The Morgan fingerprint density at radius 3 is 3.31 bits per heavy atom. The van der Waals surface area contributed by atoms with E-state index in [-0.39, 0.29) is 11.9 Å². The molecule has 0 aromatic rings. The van der Waals surface area contributed by atoms with E-state index >= 15 is 0 Å². The minimum atomic E-state index is -0.0643. The number of rotatable bonds is 3. The normalized spacial score (nSPS) is 28.4. The molecule has 2 N–H and O–H groups in total. The summed E-state index contributed by atoms with van der Waals surface area (Å²) in [7, 11) is 0. The summed E-state index contributed by atoms with van der Waals surface area (Å²) in [5, 5.41) is 6.11. The number of nitrogens with one attached hydrogen (secondary N) is 2. The molecular weight excluding hydrogens is 202 g/mol. The second kappa shape index (κ2) is 5.14. The third-order valence-electron chi connectivity index (χ3n) is 3.31. The molecule has 0 aromatic carbocycles. The monoisotopic (exact) mass is 222 g/mol. The fourth-order valence-electron chi connectivity index (χ4n) is 2.42. The topological polar surface area (TPSA) is 44.1 Å². The summed E-state index contributed by atoms with van der Waals surface area (Å²) in [6.07, 6.45) is 9.46. The van der Waals surface area contributed by atoms with E-state index < -0.39 is 0 Å². The van der Waals surface area contributed by atoms with Crippen LogP contribution in [0.25, 0.3) is 0 Å². The van der Waals surface area contributed by atoms with Gasteiger partial charge < -0.3 is 5.32 Å². The van der Waals surface area contributed by atoms with E-state index in [2.05, 4.69) is 15.2 Å². The highest BCUT2D eigenvalue weighted by atomic mass is 16.2. The molecule has 2 atom stereocenters. The third kappa shape index (κ3) is 2.26. The molecule has 2 aliphatic rings. The standard InChI is InChI=1S/C12H19N3O/c1-2-3-7-13-12(16)11-10-6-4-5-8-15(10)9-14-11/h2-3,9-11H,4-8H2,1H3,(H,13,16)/p+1/b3-2+. The molecule has 1 fully saturated rings. The Morgan fingerprint density at radius 2 is 2.50 bits per heavy atom. The van der Waals surface area contributed by atoms with Gasteiger partial charge in [-0.3, -0.25) is 14.7 Å². The quantitative estimate of drug-likeness (QED) is 0.531. The van der Waals surface area contributed by atoms with Crippen molar-refractivity contribution in [3.63, 3.8) is 0 Å². The van der Waals surface area contributed by atoms with Gasteiger partial charge in [-0.05, 0) is 26.2 Å². The average molecular weight is 222 g/mol. The zero-order chi connectivity index (χ0) is 11.4. The van der Waals surface area contributed by atoms with Gasteiger partial charge in [0.05, 0.1) is 6.54 Å². The molecule has 2 rings (SSSR count). The largest absolute Gasteiger partial charge is 0.349 e. The zero-order valence-electron chi connectivity index (χ0n) is 9.78. The number of allylic oxidation sites excluding steroid dienone is 1. The van der Waals surface area contributed by atoms with Crippen LogP contribution in [-0.4, -0.2) is 42.0 Å². The highest BCUT2D eigenvalue weighted by Gasteiger charge is 2.41. The summed E-state index contributed by atoms with van der Waals surface area (Å²) < 4.78 is 2.27. The van der Waals surface area contributed by atoms with Gasteiger partial charge in [0.1, 0.15) is 6.04 Å². The Hall–Kier alpha value is -1.32. The fourth-order valence-corrected chi connectivity index (χ4v) is 2.42. The maximum Gasteiger partial charge on any atom is 0.269 e. The molecule has 2 unspecified atom stereocenters. The van der Waals surface area contributed by atoms with Gasteiger partial charge in [-0.15, -0.1) is 0 Å². The number of hydrogen-bond donors (Lipinski definition) is 2. The van der Waals surface area contributed by atoms with Gasteiger partial charge in [0.25, 0.3) is 5.91 Å². The minimum Gasteiger partial charge on any atom is -0.349 e. The second-order valence-corrected chi connectivity index (χ2v) is 4.39. The van der Waals surface area contributed by atoms with Crippen molar-refractivity contribution >= 4 is 12.2 Å². The number of carbonyl (C=O) groups excluding carboxylic acids is 1. The highest BCUT2D eigenvalue weighted by molar-refractivity contribution is 5.85. The van der Waals surface area contributed by atoms with Crippen molar-refractivity contribution in [3.05, 3.63) is 12.2 Å². The molecule has 0 aromatic heterocycles. The third-order valence-corrected chi connectivity index (χ3v) is 3.31. The molecule has 1 amide bonds. The Morgan fingerprint density at radius 1 is 1.62 bits per heavy atom. The van der Waals surface area contributed by atoms with Crippen LogP contribution in [0, 0.1) is 0 Å². The van der Waals surface area contributed by atoms with Gasteiger partial charge in [0.2, 0.25) is 12.4 Å². The van der Waals surface area contributed by atoms with Crippen molar-refractivity contribution in [2.75, 3.05) is 13.1 Å². The SMILES string of the molecule is C/C=C/CNC(=O)C1NC=[N+]2CCCCC12. The first-order valence-corrected chi connectivity index (χ1v) is 6.07. The Kier molecular flexibility index (Phi) is 3.59. The Labute approximate surface area is 96.4 Å². The van der Waals surface area contributed by atoms with Crippen molar-refractivity contribution in [2.45, 2.75) is 38.3 Å². The molecule has 2 heterocycles. The zero-order valence-corrected chi connectivity index (χ0v) is 9.78. The number of carbonyl (C=O) groups is 1. The van der Waals surface area contributed by atoms with E-state index in [1.165, 1.54) is 12.8 Å². The molecule has 0 spiro atoms. The Bertz CT molecular complexity index is 322. The van der Waals surface area contributed by atoms with Crippen LogP contribution in [0.5, 0.6) is 0 Å². The molecule has 16 heavy (non-hydrogen) atoms. The smallest absolute Gasteiger partial charge is 0.269 e. The van der Waals surface area contributed by atoms with Crippen molar-refractivity contribution in [1.82, 2.24) is 10.6 Å². The van der Waals surface area contributed by atoms with Gasteiger partial charge in [0.15, 0.2) is 0 Å². The molecule has 0 saturated carbocycles. The van der Waals surface area contributed by atoms with Crippen molar-refractivity contribution in [3.8, 4) is 0 Å². The molecule has 1 saturated heterocycles. The van der Waals surface area contributed by atoms with Crippen LogP contribution in [0.1, 0.15) is 26.2 Å². The van der Waals surface area contributed by atoms with E-state index in [4.69, 9.17) is 0 Å². The lowest BCUT2D eigenvalue weighted by Crippen LogP contribution is -2.49. The maximum absolute atomic E-state index is 11.9. The van der Waals surface area contributed by atoms with Crippen LogP contribution >= 0.6 is 0 Å². The molecule has 0 radical (unpaired) electrons. The summed E-state index contributed by atoms with van der Waals surface area (Å²) in [5.41, 5.74) is 0. The van der Waals surface area contributed by atoms with E-state index in [0.29, 0.717) is 12.6 Å². The lowest BCUT2D eigenvalue weighted by molar-refractivity contribution is -0.564. The number of fused-ring (bicyclic) bond motifs is 1. The van der Waals surface area contributed by atoms with E-state index in [1.807, 2.05) is 25.4 Å². The fraction of sp³-hybridized carbons (Fsp3) is 0.667. The number of amides is 1. The molecule has 2 aliphatic heterocycles. The first kappa shape index (κ1) is 11.2. The van der Waals surface area contributed by atoms with E-state index in [0.717, 1.165) is 13.0 Å². The van der Waals surface area contributed by atoms with E-state index in [9.17, 15) is 4.79 Å². The summed E-state index contributed by atoms with van der Waals surface area (Å²) in [6, 6.07) is 0.296. The first-order valence-electron chi connectivity index (χ1n) is 6.07. The van der Waals surface area contributed by atoms with Gasteiger partial charge in [0, 0.05) is 6.54 Å². The van der Waals surface area contributed by atoms with Gasteiger partial charge in [-0.2, -0.15) is 0 Å². The van der Waals surface area contributed by atoms with Gasteiger partial charge in [-0.25, -0.2) is 0 Å². The van der Waals surface area contributed by atoms with Crippen molar-refractivity contribution < 1.29 is 9.37 Å².